The molecule has 1 heterocycles. The van der Waals surface area contributed by atoms with Crippen LogP contribution in [0.2, 0.25) is 0 Å². The number of amides is 2. The van der Waals surface area contributed by atoms with Crippen LogP contribution in [0.1, 0.15) is 18.9 Å². The van der Waals surface area contributed by atoms with Crippen LogP contribution in [0, 0.1) is 0 Å². The Labute approximate surface area is 137 Å². The van der Waals surface area contributed by atoms with Gasteiger partial charge in [0.15, 0.2) is 0 Å². The molecule has 0 saturated carbocycles. The Morgan fingerprint density at radius 3 is 2.48 bits per heavy atom. The maximum absolute atomic E-state index is 12.3. The summed E-state index contributed by atoms with van der Waals surface area (Å²) in [5.41, 5.74) is 1.09. The van der Waals surface area contributed by atoms with Gasteiger partial charge in [0.25, 0.3) is 0 Å². The van der Waals surface area contributed by atoms with E-state index in [2.05, 4.69) is 0 Å². The van der Waals surface area contributed by atoms with Gasteiger partial charge in [0.2, 0.25) is 5.91 Å². The first-order valence-corrected chi connectivity index (χ1v) is 7.96. The number of benzene rings is 1. The summed E-state index contributed by atoms with van der Waals surface area (Å²) >= 11 is 0. The molecule has 1 aliphatic rings. The van der Waals surface area contributed by atoms with Crippen molar-refractivity contribution in [2.24, 2.45) is 0 Å². The van der Waals surface area contributed by atoms with Crippen molar-refractivity contribution in [3.8, 4) is 5.75 Å². The fraction of sp³-hybridized carbons (Fsp3) is 0.529. The second kappa shape index (κ2) is 8.41. The highest BCUT2D eigenvalue weighted by atomic mass is 16.6. The van der Waals surface area contributed by atoms with E-state index in [1.54, 1.807) is 18.9 Å². The minimum absolute atomic E-state index is 0.122. The van der Waals surface area contributed by atoms with E-state index in [-0.39, 0.29) is 12.0 Å². The predicted octanol–water partition coefficient (Wildman–Crippen LogP) is 1.93. The van der Waals surface area contributed by atoms with Crippen molar-refractivity contribution in [3.63, 3.8) is 0 Å². The lowest BCUT2D eigenvalue weighted by Gasteiger charge is -2.34. The second-order valence-corrected chi connectivity index (χ2v) is 5.42. The Hall–Kier alpha value is -2.24. The lowest BCUT2D eigenvalue weighted by atomic mass is 10.1. The van der Waals surface area contributed by atoms with Crippen molar-refractivity contribution in [2.75, 3.05) is 39.9 Å². The number of nitrogens with zero attached hydrogens (tertiary/aromatic N) is 2. The summed E-state index contributed by atoms with van der Waals surface area (Å²) in [6, 6.07) is 7.76. The topological polar surface area (TPSA) is 59.1 Å². The molecule has 0 unspecified atom stereocenters. The average Bonchev–Trinajstić information content (AvgIpc) is 2.60. The monoisotopic (exact) mass is 320 g/mol. The second-order valence-electron chi connectivity index (χ2n) is 5.42. The standard InChI is InChI=1S/C17H24N2O4/c1-3-23-17(21)19-11-9-18(10-12-19)16(20)8-7-14-5-4-6-15(13-14)22-2/h4-6,13H,3,7-12H2,1-2H3. The number of hydrogen-bond donors (Lipinski definition) is 0. The summed E-state index contributed by atoms with van der Waals surface area (Å²) in [5.74, 6) is 0.925. The molecule has 1 fully saturated rings. The van der Waals surface area contributed by atoms with E-state index in [0.717, 1.165) is 11.3 Å². The van der Waals surface area contributed by atoms with Crippen LogP contribution in [0.5, 0.6) is 5.75 Å². The van der Waals surface area contributed by atoms with Gasteiger partial charge in [0.05, 0.1) is 13.7 Å². The van der Waals surface area contributed by atoms with Gasteiger partial charge in [0.1, 0.15) is 5.75 Å². The van der Waals surface area contributed by atoms with E-state index in [9.17, 15) is 9.59 Å². The smallest absolute Gasteiger partial charge is 0.409 e. The Kier molecular flexibility index (Phi) is 6.26. The molecule has 1 saturated heterocycles. The number of methoxy groups -OCH3 is 1. The van der Waals surface area contributed by atoms with Gasteiger partial charge in [-0.05, 0) is 31.0 Å². The minimum atomic E-state index is -0.295. The largest absolute Gasteiger partial charge is 0.497 e. The van der Waals surface area contributed by atoms with Gasteiger partial charge in [-0.3, -0.25) is 4.79 Å². The summed E-state index contributed by atoms with van der Waals surface area (Å²) in [5, 5.41) is 0. The highest BCUT2D eigenvalue weighted by molar-refractivity contribution is 5.77. The number of carbonyl (C=O) groups excluding carboxylic acids is 2. The van der Waals surface area contributed by atoms with E-state index in [4.69, 9.17) is 9.47 Å². The predicted molar refractivity (Wildman–Crippen MR) is 86.5 cm³/mol. The van der Waals surface area contributed by atoms with E-state index in [1.165, 1.54) is 0 Å². The molecule has 0 radical (unpaired) electrons. The fourth-order valence-electron chi connectivity index (χ4n) is 2.59. The fourth-order valence-corrected chi connectivity index (χ4v) is 2.59. The van der Waals surface area contributed by atoms with Gasteiger partial charge < -0.3 is 19.3 Å². The first-order valence-electron chi connectivity index (χ1n) is 7.96. The third-order valence-corrected chi connectivity index (χ3v) is 3.92. The minimum Gasteiger partial charge on any atom is -0.497 e. The third-order valence-electron chi connectivity index (χ3n) is 3.92. The number of carbonyl (C=O) groups is 2. The highest BCUT2D eigenvalue weighted by Crippen LogP contribution is 2.15. The molecular weight excluding hydrogens is 296 g/mol. The molecule has 2 amide bonds. The molecule has 0 aliphatic carbocycles. The van der Waals surface area contributed by atoms with Crippen molar-refractivity contribution >= 4 is 12.0 Å². The molecule has 1 aromatic carbocycles. The average molecular weight is 320 g/mol. The van der Waals surface area contributed by atoms with Crippen LogP contribution in [0.3, 0.4) is 0 Å². The highest BCUT2D eigenvalue weighted by Gasteiger charge is 2.24. The third kappa shape index (κ3) is 4.87. The molecule has 0 atom stereocenters. The molecule has 0 N–H and O–H groups in total. The van der Waals surface area contributed by atoms with Crippen LogP contribution >= 0.6 is 0 Å². The molecule has 1 aliphatic heterocycles. The molecular formula is C17H24N2O4. The summed E-state index contributed by atoms with van der Waals surface area (Å²) in [6.45, 7) is 4.35. The number of piperazine rings is 1. The van der Waals surface area contributed by atoms with Crippen molar-refractivity contribution in [3.05, 3.63) is 29.8 Å². The van der Waals surface area contributed by atoms with Crippen LogP contribution in [0.4, 0.5) is 4.79 Å². The van der Waals surface area contributed by atoms with Crippen molar-refractivity contribution < 1.29 is 19.1 Å². The summed E-state index contributed by atoms with van der Waals surface area (Å²) in [6.07, 6.45) is 0.858. The zero-order valence-corrected chi connectivity index (χ0v) is 13.8. The summed E-state index contributed by atoms with van der Waals surface area (Å²) in [4.78, 5) is 27.4. The van der Waals surface area contributed by atoms with Gasteiger partial charge in [0, 0.05) is 32.6 Å². The molecule has 0 spiro atoms. The maximum atomic E-state index is 12.3. The lowest BCUT2D eigenvalue weighted by molar-refractivity contribution is -0.132. The molecule has 126 valence electrons. The number of rotatable bonds is 5. The maximum Gasteiger partial charge on any atom is 0.409 e. The van der Waals surface area contributed by atoms with Gasteiger partial charge in [-0.15, -0.1) is 0 Å². The Morgan fingerprint density at radius 1 is 1.13 bits per heavy atom. The zero-order valence-electron chi connectivity index (χ0n) is 13.8. The number of hydrogen-bond acceptors (Lipinski definition) is 4. The molecule has 0 aromatic heterocycles. The lowest BCUT2D eigenvalue weighted by Crippen LogP contribution is -2.50. The molecule has 6 heteroatoms. The van der Waals surface area contributed by atoms with Crippen LogP contribution in [-0.4, -0.2) is 61.7 Å². The first-order chi connectivity index (χ1) is 11.1. The SMILES string of the molecule is CCOC(=O)N1CCN(C(=O)CCc2cccc(OC)c2)CC1. The molecule has 23 heavy (non-hydrogen) atoms. The van der Waals surface area contributed by atoms with E-state index in [1.807, 2.05) is 29.2 Å². The van der Waals surface area contributed by atoms with Gasteiger partial charge in [-0.1, -0.05) is 12.1 Å². The molecule has 6 nitrogen and oxygen atoms in total. The Balaban J connectivity index is 1.77. The Bertz CT molecular complexity index is 539. The molecule has 2 rings (SSSR count). The van der Waals surface area contributed by atoms with Crippen LogP contribution < -0.4 is 4.74 Å². The number of ether oxygens (including phenoxy) is 2. The quantitative estimate of drug-likeness (QED) is 0.832. The van der Waals surface area contributed by atoms with Crippen LogP contribution in [-0.2, 0) is 16.0 Å². The van der Waals surface area contributed by atoms with Crippen LogP contribution in [0.25, 0.3) is 0 Å². The van der Waals surface area contributed by atoms with Gasteiger partial charge in [-0.25, -0.2) is 4.79 Å². The first kappa shape index (κ1) is 17.1. The number of aryl methyl sites for hydroxylation is 1. The van der Waals surface area contributed by atoms with E-state index in [0.29, 0.717) is 45.6 Å². The van der Waals surface area contributed by atoms with E-state index < -0.39 is 0 Å². The Morgan fingerprint density at radius 2 is 1.83 bits per heavy atom. The van der Waals surface area contributed by atoms with Crippen molar-refractivity contribution in [1.29, 1.82) is 0 Å². The molecule has 0 bridgehead atoms. The van der Waals surface area contributed by atoms with Crippen LogP contribution in [0.15, 0.2) is 24.3 Å². The normalized spacial score (nSPS) is 14.5. The van der Waals surface area contributed by atoms with Crippen molar-refractivity contribution in [2.45, 2.75) is 19.8 Å². The van der Waals surface area contributed by atoms with E-state index >= 15 is 0 Å². The zero-order chi connectivity index (χ0) is 16.7. The summed E-state index contributed by atoms with van der Waals surface area (Å²) in [7, 11) is 1.63. The van der Waals surface area contributed by atoms with Crippen molar-refractivity contribution in [1.82, 2.24) is 9.80 Å². The van der Waals surface area contributed by atoms with Gasteiger partial charge >= 0.3 is 6.09 Å². The summed E-state index contributed by atoms with van der Waals surface area (Å²) < 4.78 is 10.2. The van der Waals surface area contributed by atoms with Gasteiger partial charge in [-0.2, -0.15) is 0 Å². The molecule has 1 aromatic rings.